The first-order valence-corrected chi connectivity index (χ1v) is 9.31. The number of likely N-dealkylation sites (tertiary alicyclic amines) is 1. The summed E-state index contributed by atoms with van der Waals surface area (Å²) in [6.07, 6.45) is 3.52. The standard InChI is InChI=1S/C19H22BrN3O2/c20-16-6-7-19(25)23(13-16)14-18(24)21-17-8-10-22(11-9-17)12-15-4-2-1-3-5-15/h1-7,13,17H,8-12,14H2,(H,21,24). The summed E-state index contributed by atoms with van der Waals surface area (Å²) in [4.78, 5) is 26.4. The van der Waals surface area contributed by atoms with Crippen LogP contribution >= 0.6 is 15.9 Å². The third-order valence-corrected chi connectivity index (χ3v) is 4.93. The minimum absolute atomic E-state index is 0.0580. The molecule has 1 aliphatic rings. The Morgan fingerprint density at radius 2 is 1.84 bits per heavy atom. The molecule has 0 saturated carbocycles. The number of carbonyl (C=O) groups excluding carboxylic acids is 1. The Balaban J connectivity index is 1.46. The van der Waals surface area contributed by atoms with Gasteiger partial charge in [0.15, 0.2) is 0 Å². The SMILES string of the molecule is O=C(Cn1cc(Br)ccc1=O)NC1CCN(Cc2ccccc2)CC1. The van der Waals surface area contributed by atoms with Crippen LogP contribution in [-0.2, 0) is 17.9 Å². The van der Waals surface area contributed by atoms with Gasteiger partial charge in [-0.15, -0.1) is 0 Å². The molecule has 132 valence electrons. The van der Waals surface area contributed by atoms with E-state index in [0.29, 0.717) is 0 Å². The van der Waals surface area contributed by atoms with E-state index in [1.807, 2.05) is 6.07 Å². The van der Waals surface area contributed by atoms with Crippen LogP contribution in [0.2, 0.25) is 0 Å². The molecule has 0 radical (unpaired) electrons. The molecule has 0 atom stereocenters. The molecule has 1 aromatic carbocycles. The van der Waals surface area contributed by atoms with Crippen LogP contribution in [0.1, 0.15) is 18.4 Å². The molecule has 0 spiro atoms. The fourth-order valence-corrected chi connectivity index (χ4v) is 3.51. The molecule has 0 unspecified atom stereocenters. The van der Waals surface area contributed by atoms with E-state index in [1.54, 1.807) is 12.3 Å². The zero-order valence-electron chi connectivity index (χ0n) is 14.0. The van der Waals surface area contributed by atoms with Crippen LogP contribution in [-0.4, -0.2) is 34.5 Å². The van der Waals surface area contributed by atoms with Crippen molar-refractivity contribution < 1.29 is 4.79 Å². The van der Waals surface area contributed by atoms with Gasteiger partial charge in [-0.1, -0.05) is 30.3 Å². The van der Waals surface area contributed by atoms with E-state index in [4.69, 9.17) is 0 Å². The van der Waals surface area contributed by atoms with Gasteiger partial charge in [0.1, 0.15) is 6.54 Å². The van der Waals surface area contributed by atoms with Crippen molar-refractivity contribution in [1.29, 1.82) is 0 Å². The predicted molar refractivity (Wildman–Crippen MR) is 101 cm³/mol. The summed E-state index contributed by atoms with van der Waals surface area (Å²) >= 11 is 3.32. The summed E-state index contributed by atoms with van der Waals surface area (Å²) in [5.41, 5.74) is 1.15. The quantitative estimate of drug-likeness (QED) is 0.833. The maximum Gasteiger partial charge on any atom is 0.251 e. The van der Waals surface area contributed by atoms with Gasteiger partial charge in [-0.25, -0.2) is 0 Å². The number of hydrogen-bond acceptors (Lipinski definition) is 3. The zero-order chi connectivity index (χ0) is 17.6. The Morgan fingerprint density at radius 1 is 1.12 bits per heavy atom. The normalized spacial score (nSPS) is 15.9. The molecule has 1 amide bonds. The average Bonchev–Trinajstić information content (AvgIpc) is 2.61. The summed E-state index contributed by atoms with van der Waals surface area (Å²) < 4.78 is 2.21. The summed E-state index contributed by atoms with van der Waals surface area (Å²) in [5, 5.41) is 3.06. The number of piperidine rings is 1. The van der Waals surface area contributed by atoms with Crippen molar-refractivity contribution in [3.05, 3.63) is 69.1 Å². The molecule has 0 aliphatic carbocycles. The summed E-state index contributed by atoms with van der Waals surface area (Å²) in [7, 11) is 0. The van der Waals surface area contributed by atoms with Crippen molar-refractivity contribution >= 4 is 21.8 Å². The van der Waals surface area contributed by atoms with Crippen LogP contribution in [0.15, 0.2) is 57.9 Å². The second-order valence-electron chi connectivity index (χ2n) is 6.42. The lowest BCUT2D eigenvalue weighted by molar-refractivity contribution is -0.122. The van der Waals surface area contributed by atoms with Gasteiger partial charge in [-0.3, -0.25) is 14.5 Å². The fourth-order valence-electron chi connectivity index (χ4n) is 3.13. The van der Waals surface area contributed by atoms with Crippen LogP contribution in [0.25, 0.3) is 0 Å². The topological polar surface area (TPSA) is 54.3 Å². The predicted octanol–water partition coefficient (Wildman–Crippen LogP) is 2.39. The van der Waals surface area contributed by atoms with E-state index in [1.165, 1.54) is 16.2 Å². The minimum atomic E-state index is -0.170. The molecule has 1 N–H and O–H groups in total. The van der Waals surface area contributed by atoms with Crippen LogP contribution in [0.5, 0.6) is 0 Å². The smallest absolute Gasteiger partial charge is 0.251 e. The number of pyridine rings is 1. The fraction of sp³-hybridized carbons (Fsp3) is 0.368. The van der Waals surface area contributed by atoms with Gasteiger partial charge in [-0.2, -0.15) is 0 Å². The Labute approximate surface area is 155 Å². The molecule has 1 saturated heterocycles. The van der Waals surface area contributed by atoms with Gasteiger partial charge in [0.05, 0.1) is 0 Å². The molecular formula is C19H22BrN3O2. The van der Waals surface area contributed by atoms with Crippen LogP contribution in [0.3, 0.4) is 0 Å². The minimum Gasteiger partial charge on any atom is -0.352 e. The molecule has 1 aliphatic heterocycles. The Hall–Kier alpha value is -1.92. The lowest BCUT2D eigenvalue weighted by Crippen LogP contribution is -2.45. The van der Waals surface area contributed by atoms with Gasteiger partial charge in [0.25, 0.3) is 5.56 Å². The van der Waals surface area contributed by atoms with Crippen molar-refractivity contribution in [1.82, 2.24) is 14.8 Å². The van der Waals surface area contributed by atoms with Crippen molar-refractivity contribution in [2.45, 2.75) is 32.0 Å². The Morgan fingerprint density at radius 3 is 2.56 bits per heavy atom. The lowest BCUT2D eigenvalue weighted by atomic mass is 10.0. The number of amides is 1. The van der Waals surface area contributed by atoms with E-state index in [9.17, 15) is 9.59 Å². The molecule has 25 heavy (non-hydrogen) atoms. The summed E-state index contributed by atoms with van der Waals surface area (Å²) in [6, 6.07) is 13.8. The van der Waals surface area contributed by atoms with Crippen LogP contribution < -0.4 is 10.9 Å². The van der Waals surface area contributed by atoms with E-state index in [2.05, 4.69) is 50.4 Å². The van der Waals surface area contributed by atoms with Crippen LogP contribution in [0, 0.1) is 0 Å². The maximum absolute atomic E-state index is 12.2. The van der Waals surface area contributed by atoms with Gasteiger partial charge < -0.3 is 9.88 Å². The highest BCUT2D eigenvalue weighted by Gasteiger charge is 2.20. The van der Waals surface area contributed by atoms with E-state index >= 15 is 0 Å². The van der Waals surface area contributed by atoms with Crippen molar-refractivity contribution in [3.8, 4) is 0 Å². The largest absolute Gasteiger partial charge is 0.352 e. The van der Waals surface area contributed by atoms with E-state index in [0.717, 1.165) is 36.9 Å². The van der Waals surface area contributed by atoms with Gasteiger partial charge >= 0.3 is 0 Å². The molecule has 3 rings (SSSR count). The lowest BCUT2D eigenvalue weighted by Gasteiger charge is -2.32. The zero-order valence-corrected chi connectivity index (χ0v) is 15.6. The molecule has 2 heterocycles. The molecular weight excluding hydrogens is 382 g/mol. The van der Waals surface area contributed by atoms with Crippen molar-refractivity contribution in [2.24, 2.45) is 0 Å². The number of halogens is 1. The number of aromatic nitrogens is 1. The maximum atomic E-state index is 12.2. The molecule has 2 aromatic rings. The molecule has 6 heteroatoms. The first-order valence-electron chi connectivity index (χ1n) is 8.52. The van der Waals surface area contributed by atoms with Crippen molar-refractivity contribution in [3.63, 3.8) is 0 Å². The third-order valence-electron chi connectivity index (χ3n) is 4.46. The third kappa shape index (κ3) is 5.28. The first-order chi connectivity index (χ1) is 12.1. The Kier molecular flexibility index (Phi) is 6.04. The highest BCUT2D eigenvalue weighted by Crippen LogP contribution is 2.14. The highest BCUT2D eigenvalue weighted by atomic mass is 79.9. The number of benzene rings is 1. The second-order valence-corrected chi connectivity index (χ2v) is 7.33. The van der Waals surface area contributed by atoms with Crippen molar-refractivity contribution in [2.75, 3.05) is 13.1 Å². The monoisotopic (exact) mass is 403 g/mol. The molecule has 0 bridgehead atoms. The van der Waals surface area contributed by atoms with E-state index < -0.39 is 0 Å². The van der Waals surface area contributed by atoms with Gasteiger partial charge in [0, 0.05) is 42.4 Å². The average molecular weight is 404 g/mol. The molecule has 1 fully saturated rings. The molecule has 5 nitrogen and oxygen atoms in total. The van der Waals surface area contributed by atoms with E-state index in [-0.39, 0.29) is 24.1 Å². The summed E-state index contributed by atoms with van der Waals surface area (Å²) in [6.45, 7) is 2.95. The second kappa shape index (κ2) is 8.45. The molecule has 1 aromatic heterocycles. The first kappa shape index (κ1) is 17.9. The van der Waals surface area contributed by atoms with Gasteiger partial charge in [0.2, 0.25) is 5.91 Å². The number of nitrogens with zero attached hydrogens (tertiary/aromatic N) is 2. The summed E-state index contributed by atoms with van der Waals surface area (Å²) in [5.74, 6) is -0.110. The highest BCUT2D eigenvalue weighted by molar-refractivity contribution is 9.10. The Bertz CT molecular complexity index is 768. The number of hydrogen-bond donors (Lipinski definition) is 1. The number of nitrogens with one attached hydrogen (secondary N) is 1. The number of rotatable bonds is 5. The van der Waals surface area contributed by atoms with Crippen LogP contribution in [0.4, 0.5) is 0 Å². The van der Waals surface area contributed by atoms with Gasteiger partial charge in [-0.05, 0) is 40.4 Å². The number of carbonyl (C=O) groups is 1.